The Labute approximate surface area is 571 Å². The standard InChI is InChI=1S/C85H165NO5/c1-3-5-7-9-11-13-15-17-19-20-21-22-23-35-38-41-44-47-50-53-57-61-65-69-73-77-83(88)82(81-87)86-84(89)78-74-70-66-62-58-54-51-48-45-42-39-36-33-31-29-27-25-24-26-28-30-32-34-37-40-43-46-49-52-56-60-64-68-72-76-80-91-85(90)79-75-71-67-63-59-55-18-16-14-12-10-8-6-4-2/h26,28,32,34,82-83,87-88H,3-25,27,29-31,33,35-81H2,1-2H3,(H,86,89)/b28-26-,34-32-. The van der Waals surface area contributed by atoms with E-state index in [1.54, 1.807) is 0 Å². The molecule has 3 N–H and O–H groups in total. The van der Waals surface area contributed by atoms with E-state index in [9.17, 15) is 19.8 Å². The molecule has 6 nitrogen and oxygen atoms in total. The van der Waals surface area contributed by atoms with E-state index in [-0.39, 0.29) is 18.5 Å². The van der Waals surface area contributed by atoms with Gasteiger partial charge in [0.1, 0.15) is 0 Å². The summed E-state index contributed by atoms with van der Waals surface area (Å²) in [5.74, 6) is -0.00615. The van der Waals surface area contributed by atoms with E-state index in [0.29, 0.717) is 25.9 Å². The molecule has 0 saturated carbocycles. The van der Waals surface area contributed by atoms with Crippen molar-refractivity contribution < 1.29 is 24.5 Å². The first kappa shape index (κ1) is 89.3. The molecular weight excluding hydrogens is 1110 g/mol. The highest BCUT2D eigenvalue weighted by Crippen LogP contribution is 2.21. The minimum Gasteiger partial charge on any atom is -0.466 e. The molecule has 0 radical (unpaired) electrons. The molecule has 0 aromatic heterocycles. The molecule has 0 bridgehead atoms. The summed E-state index contributed by atoms with van der Waals surface area (Å²) in [6.07, 6.45) is 104. The maximum absolute atomic E-state index is 12.6. The van der Waals surface area contributed by atoms with Crippen molar-refractivity contribution in [3.63, 3.8) is 0 Å². The van der Waals surface area contributed by atoms with Gasteiger partial charge in [-0.1, -0.05) is 436 Å². The lowest BCUT2D eigenvalue weighted by atomic mass is 10.0. The van der Waals surface area contributed by atoms with Crippen LogP contribution >= 0.6 is 0 Å². The number of amides is 1. The van der Waals surface area contributed by atoms with Gasteiger partial charge in [-0.15, -0.1) is 0 Å². The van der Waals surface area contributed by atoms with Gasteiger partial charge in [0.25, 0.3) is 0 Å². The lowest BCUT2D eigenvalue weighted by Crippen LogP contribution is -2.45. The molecule has 0 saturated heterocycles. The van der Waals surface area contributed by atoms with E-state index in [1.807, 2.05) is 0 Å². The van der Waals surface area contributed by atoms with Gasteiger partial charge in [-0.25, -0.2) is 0 Å². The Morgan fingerprint density at radius 1 is 0.308 bits per heavy atom. The first-order chi connectivity index (χ1) is 45.0. The van der Waals surface area contributed by atoms with E-state index in [4.69, 9.17) is 4.74 Å². The molecule has 0 rings (SSSR count). The number of hydrogen-bond acceptors (Lipinski definition) is 5. The zero-order valence-corrected chi connectivity index (χ0v) is 62.1. The van der Waals surface area contributed by atoms with E-state index in [0.717, 1.165) is 44.9 Å². The van der Waals surface area contributed by atoms with Crippen LogP contribution in [-0.4, -0.2) is 47.4 Å². The number of esters is 1. The molecule has 1 amide bonds. The zero-order chi connectivity index (χ0) is 65.6. The summed E-state index contributed by atoms with van der Waals surface area (Å²) < 4.78 is 5.50. The van der Waals surface area contributed by atoms with Crippen LogP contribution in [0, 0.1) is 0 Å². The number of ether oxygens (including phenoxy) is 1. The quantitative estimate of drug-likeness (QED) is 0.0320. The Bertz CT molecular complexity index is 1430. The van der Waals surface area contributed by atoms with Crippen molar-refractivity contribution in [2.24, 2.45) is 0 Å². The minimum absolute atomic E-state index is 0.0202. The van der Waals surface area contributed by atoms with Crippen molar-refractivity contribution in [1.82, 2.24) is 5.32 Å². The number of allylic oxidation sites excluding steroid dienone is 4. The van der Waals surface area contributed by atoms with Crippen LogP contribution < -0.4 is 5.32 Å². The highest BCUT2D eigenvalue weighted by molar-refractivity contribution is 5.76. The van der Waals surface area contributed by atoms with Gasteiger partial charge in [-0.3, -0.25) is 9.59 Å². The summed E-state index contributed by atoms with van der Waals surface area (Å²) in [6.45, 7) is 5.01. The average molecular weight is 1280 g/mol. The molecule has 2 atom stereocenters. The normalized spacial score (nSPS) is 12.5. The molecule has 0 aliphatic heterocycles. The first-order valence-corrected chi connectivity index (χ1v) is 42.1. The monoisotopic (exact) mass is 1280 g/mol. The lowest BCUT2D eigenvalue weighted by Gasteiger charge is -2.22. The van der Waals surface area contributed by atoms with Crippen molar-refractivity contribution in [3.8, 4) is 0 Å². The summed E-state index contributed by atoms with van der Waals surface area (Å²) in [5, 5.41) is 23.5. The topological polar surface area (TPSA) is 95.9 Å². The Balaban J connectivity index is 3.37. The number of carbonyl (C=O) groups is 2. The molecule has 0 fully saturated rings. The largest absolute Gasteiger partial charge is 0.466 e. The van der Waals surface area contributed by atoms with Crippen LogP contribution in [0.5, 0.6) is 0 Å². The zero-order valence-electron chi connectivity index (χ0n) is 62.1. The van der Waals surface area contributed by atoms with Gasteiger partial charge < -0.3 is 20.3 Å². The molecule has 2 unspecified atom stereocenters. The van der Waals surface area contributed by atoms with Crippen LogP contribution in [0.4, 0.5) is 0 Å². The third-order valence-electron chi connectivity index (χ3n) is 20.0. The van der Waals surface area contributed by atoms with Crippen LogP contribution in [-0.2, 0) is 14.3 Å². The molecule has 91 heavy (non-hydrogen) atoms. The van der Waals surface area contributed by atoms with Gasteiger partial charge in [-0.05, 0) is 57.8 Å². The number of rotatable bonds is 80. The Morgan fingerprint density at radius 2 is 0.549 bits per heavy atom. The van der Waals surface area contributed by atoms with Crippen LogP contribution in [0.3, 0.4) is 0 Å². The van der Waals surface area contributed by atoms with Gasteiger partial charge in [-0.2, -0.15) is 0 Å². The van der Waals surface area contributed by atoms with Crippen molar-refractivity contribution in [2.45, 2.75) is 495 Å². The fraction of sp³-hybridized carbons (Fsp3) is 0.929. The fourth-order valence-corrected chi connectivity index (χ4v) is 13.6. The number of carbonyl (C=O) groups excluding carboxylic acids is 2. The van der Waals surface area contributed by atoms with E-state index in [1.165, 1.54) is 405 Å². The van der Waals surface area contributed by atoms with Crippen molar-refractivity contribution in [2.75, 3.05) is 13.2 Å². The molecule has 0 heterocycles. The molecular formula is C85H165NO5. The minimum atomic E-state index is -0.664. The van der Waals surface area contributed by atoms with Gasteiger partial charge in [0.15, 0.2) is 0 Å². The van der Waals surface area contributed by atoms with Crippen LogP contribution in [0.25, 0.3) is 0 Å². The summed E-state index contributed by atoms with van der Waals surface area (Å²) >= 11 is 0. The third kappa shape index (κ3) is 77.2. The predicted molar refractivity (Wildman–Crippen MR) is 403 cm³/mol. The van der Waals surface area contributed by atoms with E-state index < -0.39 is 12.1 Å². The number of aliphatic hydroxyl groups excluding tert-OH is 2. The molecule has 0 aromatic carbocycles. The second-order valence-corrected chi connectivity index (χ2v) is 29.2. The molecule has 0 aromatic rings. The SMILES string of the molecule is CCCCCCCCCCCCCCCCCCCCCCCCCCCC(O)C(CO)NC(=O)CCCCCCCCCCCCCCCCCCC/C=C\C/C=C\CCCCCCCCCCCCCOC(=O)CCCCCCCCCCCCCCCC. The average Bonchev–Trinajstić information content (AvgIpc) is 3.61. The lowest BCUT2D eigenvalue weighted by molar-refractivity contribution is -0.143. The third-order valence-corrected chi connectivity index (χ3v) is 20.0. The van der Waals surface area contributed by atoms with Gasteiger partial charge in [0, 0.05) is 12.8 Å². The van der Waals surface area contributed by atoms with Crippen LogP contribution in [0.15, 0.2) is 24.3 Å². The molecule has 0 aliphatic carbocycles. The van der Waals surface area contributed by atoms with Gasteiger partial charge >= 0.3 is 5.97 Å². The summed E-state index contributed by atoms with van der Waals surface area (Å²) in [7, 11) is 0. The molecule has 6 heteroatoms. The summed E-state index contributed by atoms with van der Waals surface area (Å²) in [5.41, 5.74) is 0. The number of aliphatic hydroxyl groups is 2. The Hall–Kier alpha value is -1.66. The second kappa shape index (κ2) is 80.8. The molecule has 0 spiro atoms. The second-order valence-electron chi connectivity index (χ2n) is 29.2. The van der Waals surface area contributed by atoms with E-state index >= 15 is 0 Å². The number of nitrogens with one attached hydrogen (secondary N) is 1. The van der Waals surface area contributed by atoms with Crippen molar-refractivity contribution in [1.29, 1.82) is 0 Å². The first-order valence-electron chi connectivity index (χ1n) is 42.1. The number of unbranched alkanes of at least 4 members (excludes halogenated alkanes) is 65. The van der Waals surface area contributed by atoms with Crippen molar-refractivity contribution >= 4 is 11.9 Å². The fourth-order valence-electron chi connectivity index (χ4n) is 13.6. The highest BCUT2D eigenvalue weighted by atomic mass is 16.5. The summed E-state index contributed by atoms with van der Waals surface area (Å²) in [6, 6.07) is -0.541. The number of hydrogen-bond donors (Lipinski definition) is 3. The predicted octanol–water partition coefficient (Wildman–Crippen LogP) is 28.0. The molecule has 0 aliphatic rings. The smallest absolute Gasteiger partial charge is 0.305 e. The van der Waals surface area contributed by atoms with Crippen LogP contribution in [0.2, 0.25) is 0 Å². The van der Waals surface area contributed by atoms with Gasteiger partial charge in [0.2, 0.25) is 5.91 Å². The molecule has 540 valence electrons. The van der Waals surface area contributed by atoms with Gasteiger partial charge in [0.05, 0.1) is 25.4 Å². The maximum Gasteiger partial charge on any atom is 0.305 e. The maximum atomic E-state index is 12.6. The van der Waals surface area contributed by atoms with Crippen LogP contribution in [0.1, 0.15) is 483 Å². The highest BCUT2D eigenvalue weighted by Gasteiger charge is 2.20. The summed E-state index contributed by atoms with van der Waals surface area (Å²) in [4.78, 5) is 24.7. The Kier molecular flexibility index (Phi) is 79.3. The van der Waals surface area contributed by atoms with Crippen molar-refractivity contribution in [3.05, 3.63) is 24.3 Å². The van der Waals surface area contributed by atoms with E-state index in [2.05, 4.69) is 43.5 Å². The Morgan fingerprint density at radius 3 is 0.835 bits per heavy atom.